The Labute approximate surface area is 150 Å². The van der Waals surface area contributed by atoms with E-state index < -0.39 is 10.0 Å². The van der Waals surface area contributed by atoms with Crippen molar-refractivity contribution in [3.8, 4) is 0 Å². The maximum atomic E-state index is 13.0. The lowest BCUT2D eigenvalue weighted by atomic mass is 10.0. The topological polar surface area (TPSA) is 69.7 Å². The number of nitrogens with one attached hydrogen (secondary N) is 1. The number of carbonyl (C=O) groups is 1. The quantitative estimate of drug-likeness (QED) is 0.868. The number of piperidine rings is 1. The second kappa shape index (κ2) is 7.43. The molecule has 1 amide bonds. The number of carbonyl (C=O) groups excluding carboxylic acids is 1. The zero-order valence-electron chi connectivity index (χ0n) is 15.0. The van der Waals surface area contributed by atoms with Crippen molar-refractivity contribution in [2.24, 2.45) is 0 Å². The molecule has 2 heterocycles. The van der Waals surface area contributed by atoms with Crippen LogP contribution in [0.15, 0.2) is 23.1 Å². The number of nitrogens with zero attached hydrogens (tertiary/aromatic N) is 2. The third kappa shape index (κ3) is 3.88. The summed E-state index contributed by atoms with van der Waals surface area (Å²) in [5, 5.41) is 3.22. The van der Waals surface area contributed by atoms with Gasteiger partial charge in [0.15, 0.2) is 0 Å². The first-order chi connectivity index (χ1) is 11.9. The largest absolute Gasteiger partial charge is 0.342 e. The molecule has 0 atom stereocenters. The molecule has 0 saturated carbocycles. The summed E-state index contributed by atoms with van der Waals surface area (Å²) >= 11 is 0. The molecule has 1 fully saturated rings. The van der Waals surface area contributed by atoms with Gasteiger partial charge in [-0.1, -0.05) is 6.07 Å². The molecule has 1 N–H and O–H groups in total. The predicted octanol–water partition coefficient (Wildman–Crippen LogP) is 1.01. The number of fused-ring (bicyclic) bond motifs is 1. The van der Waals surface area contributed by atoms with E-state index in [-0.39, 0.29) is 5.91 Å². The number of hydrogen-bond acceptors (Lipinski definition) is 4. The Kier molecular flexibility index (Phi) is 5.46. The van der Waals surface area contributed by atoms with Crippen LogP contribution in [0.3, 0.4) is 0 Å². The van der Waals surface area contributed by atoms with Gasteiger partial charge in [-0.15, -0.1) is 0 Å². The summed E-state index contributed by atoms with van der Waals surface area (Å²) in [6.45, 7) is 4.05. The van der Waals surface area contributed by atoms with Gasteiger partial charge in [0.25, 0.3) is 0 Å². The minimum absolute atomic E-state index is 0.0769. The van der Waals surface area contributed by atoms with Gasteiger partial charge < -0.3 is 10.2 Å². The van der Waals surface area contributed by atoms with Crippen LogP contribution in [0.2, 0.25) is 0 Å². The van der Waals surface area contributed by atoms with Crippen molar-refractivity contribution in [3.63, 3.8) is 0 Å². The van der Waals surface area contributed by atoms with Crippen molar-refractivity contribution in [3.05, 3.63) is 29.3 Å². The van der Waals surface area contributed by atoms with E-state index in [0.29, 0.717) is 43.5 Å². The van der Waals surface area contributed by atoms with Crippen molar-refractivity contribution in [1.29, 1.82) is 0 Å². The van der Waals surface area contributed by atoms with Crippen molar-refractivity contribution in [1.82, 2.24) is 14.5 Å². The number of sulfonamides is 1. The molecule has 1 saturated heterocycles. The van der Waals surface area contributed by atoms with Gasteiger partial charge in [0, 0.05) is 39.1 Å². The zero-order valence-corrected chi connectivity index (χ0v) is 15.8. The van der Waals surface area contributed by atoms with Gasteiger partial charge in [-0.05, 0) is 56.0 Å². The van der Waals surface area contributed by atoms with E-state index in [1.54, 1.807) is 17.3 Å². The lowest BCUT2D eigenvalue weighted by Gasteiger charge is -2.31. The van der Waals surface area contributed by atoms with Gasteiger partial charge in [-0.2, -0.15) is 4.31 Å². The summed E-state index contributed by atoms with van der Waals surface area (Å²) in [6.07, 6.45) is 3.17. The standard InChI is InChI=1S/C18H27N3O3S/c1-14(22)20-9-5-15-3-4-18(13-16(15)6-10-20)25(23,24)21-11-7-17(19-2)8-12-21/h3-4,13,17,19H,5-12H2,1-2H3. The number of amides is 1. The minimum atomic E-state index is -3.44. The molecular formula is C18H27N3O3S. The van der Waals surface area contributed by atoms with Crippen molar-refractivity contribution in [2.75, 3.05) is 33.2 Å². The highest BCUT2D eigenvalue weighted by Crippen LogP contribution is 2.25. The molecule has 0 bridgehead atoms. The SMILES string of the molecule is CNC1CCN(S(=O)(=O)c2ccc3c(c2)CCN(C(C)=O)CC3)CC1. The molecule has 0 aliphatic carbocycles. The van der Waals surface area contributed by atoms with Crippen LogP contribution >= 0.6 is 0 Å². The van der Waals surface area contributed by atoms with Crippen molar-refractivity contribution in [2.45, 2.75) is 43.5 Å². The fourth-order valence-electron chi connectivity index (χ4n) is 3.71. The summed E-state index contributed by atoms with van der Waals surface area (Å²) in [6, 6.07) is 5.86. The van der Waals surface area contributed by atoms with Crippen LogP contribution in [0, 0.1) is 0 Å². The highest BCUT2D eigenvalue weighted by atomic mass is 32.2. The molecule has 0 radical (unpaired) electrons. The maximum Gasteiger partial charge on any atom is 0.243 e. The first-order valence-corrected chi connectivity index (χ1v) is 10.4. The Balaban J connectivity index is 1.79. The molecule has 1 aromatic carbocycles. The van der Waals surface area contributed by atoms with Crippen LogP contribution in [-0.2, 0) is 27.7 Å². The Morgan fingerprint density at radius 2 is 1.72 bits per heavy atom. The lowest BCUT2D eigenvalue weighted by Crippen LogP contribution is -2.43. The van der Waals surface area contributed by atoms with Gasteiger partial charge in [0.1, 0.15) is 0 Å². The van der Waals surface area contributed by atoms with E-state index in [9.17, 15) is 13.2 Å². The number of hydrogen-bond donors (Lipinski definition) is 1. The Bertz CT molecular complexity index is 740. The average Bonchev–Trinajstić information content (AvgIpc) is 2.83. The summed E-state index contributed by atoms with van der Waals surface area (Å²) in [5.74, 6) is 0.0769. The van der Waals surface area contributed by atoms with Gasteiger partial charge in [-0.25, -0.2) is 8.42 Å². The zero-order chi connectivity index (χ0) is 18.0. The van der Waals surface area contributed by atoms with Gasteiger partial charge in [0.2, 0.25) is 15.9 Å². The molecule has 6 nitrogen and oxygen atoms in total. The summed E-state index contributed by atoms with van der Waals surface area (Å²) in [4.78, 5) is 13.8. The second-order valence-electron chi connectivity index (χ2n) is 6.90. The summed E-state index contributed by atoms with van der Waals surface area (Å²) < 4.78 is 27.5. The van der Waals surface area contributed by atoms with Gasteiger partial charge >= 0.3 is 0 Å². The van der Waals surface area contributed by atoms with Gasteiger partial charge in [-0.3, -0.25) is 4.79 Å². The lowest BCUT2D eigenvalue weighted by molar-refractivity contribution is -0.128. The molecule has 0 unspecified atom stereocenters. The van der Waals surface area contributed by atoms with Crippen LogP contribution in [0.25, 0.3) is 0 Å². The molecular weight excluding hydrogens is 338 g/mol. The smallest absolute Gasteiger partial charge is 0.243 e. The molecule has 0 aromatic heterocycles. The third-order valence-corrected chi connectivity index (χ3v) is 7.32. The Morgan fingerprint density at radius 1 is 1.08 bits per heavy atom. The molecule has 25 heavy (non-hydrogen) atoms. The van der Waals surface area contributed by atoms with Crippen LogP contribution in [-0.4, -0.2) is 62.8 Å². The van der Waals surface area contributed by atoms with Gasteiger partial charge in [0.05, 0.1) is 4.90 Å². The highest BCUT2D eigenvalue weighted by molar-refractivity contribution is 7.89. The van der Waals surface area contributed by atoms with Crippen LogP contribution in [0.4, 0.5) is 0 Å². The first-order valence-electron chi connectivity index (χ1n) is 8.96. The molecule has 0 spiro atoms. The Morgan fingerprint density at radius 3 is 2.32 bits per heavy atom. The van der Waals surface area contributed by atoms with Crippen molar-refractivity contribution < 1.29 is 13.2 Å². The average molecular weight is 365 g/mol. The normalized spacial score (nSPS) is 20.2. The third-order valence-electron chi connectivity index (χ3n) is 5.43. The number of benzene rings is 1. The van der Waals surface area contributed by atoms with E-state index in [1.165, 1.54) is 0 Å². The number of rotatable bonds is 3. The molecule has 3 rings (SSSR count). The van der Waals surface area contributed by atoms with Crippen molar-refractivity contribution >= 4 is 15.9 Å². The van der Waals surface area contributed by atoms with Crippen LogP contribution < -0.4 is 5.32 Å². The predicted molar refractivity (Wildman–Crippen MR) is 96.9 cm³/mol. The van der Waals surface area contributed by atoms with E-state index in [4.69, 9.17) is 0 Å². The summed E-state index contributed by atoms with van der Waals surface area (Å²) in [5.41, 5.74) is 2.20. The molecule has 2 aliphatic heterocycles. The molecule has 2 aliphatic rings. The van der Waals surface area contributed by atoms with Crippen LogP contribution in [0.1, 0.15) is 30.9 Å². The molecule has 1 aromatic rings. The van der Waals surface area contributed by atoms with E-state index in [1.807, 2.05) is 24.1 Å². The monoisotopic (exact) mass is 365 g/mol. The fourth-order valence-corrected chi connectivity index (χ4v) is 5.23. The van der Waals surface area contributed by atoms with E-state index >= 15 is 0 Å². The molecule has 138 valence electrons. The van der Waals surface area contributed by atoms with Crippen LogP contribution in [0.5, 0.6) is 0 Å². The summed E-state index contributed by atoms with van der Waals surface area (Å²) in [7, 11) is -1.52. The van der Waals surface area contributed by atoms with E-state index in [0.717, 1.165) is 30.4 Å². The fraction of sp³-hybridized carbons (Fsp3) is 0.611. The molecule has 7 heteroatoms. The van der Waals surface area contributed by atoms with E-state index in [2.05, 4.69) is 5.32 Å². The minimum Gasteiger partial charge on any atom is -0.342 e. The Hall–Kier alpha value is -1.44. The first kappa shape index (κ1) is 18.4. The second-order valence-corrected chi connectivity index (χ2v) is 8.84. The highest BCUT2D eigenvalue weighted by Gasteiger charge is 2.29. The maximum absolute atomic E-state index is 13.0.